The molecule has 0 radical (unpaired) electrons. The van der Waals surface area contributed by atoms with Crippen LogP contribution in [0.2, 0.25) is 0 Å². The van der Waals surface area contributed by atoms with Gasteiger partial charge in [0.05, 0.1) is 0 Å². The lowest BCUT2D eigenvalue weighted by Crippen LogP contribution is -2.10. The maximum absolute atomic E-state index is 3.99. The van der Waals surface area contributed by atoms with Crippen molar-refractivity contribution in [3.63, 3.8) is 0 Å². The molecule has 62 valence electrons. The van der Waals surface area contributed by atoms with Crippen molar-refractivity contribution in [1.29, 1.82) is 0 Å². The van der Waals surface area contributed by atoms with Crippen molar-refractivity contribution in [2.24, 2.45) is 0 Å². The lowest BCUT2D eigenvalue weighted by atomic mass is 10.2. The van der Waals surface area contributed by atoms with Crippen LogP contribution in [0.1, 0.15) is 25.6 Å². The Kier molecular flexibility index (Phi) is 2.12. The zero-order valence-corrected chi connectivity index (χ0v) is 7.42. The first-order valence-electron chi connectivity index (χ1n) is 3.71. The van der Waals surface area contributed by atoms with Gasteiger partial charge in [0.25, 0.3) is 0 Å². The van der Waals surface area contributed by atoms with Crippen LogP contribution in [-0.4, -0.2) is 29.3 Å². The molecular weight excluding hydrogens is 140 g/mol. The van der Waals surface area contributed by atoms with Crippen LogP contribution in [0.5, 0.6) is 0 Å². The Morgan fingerprint density at radius 1 is 1.27 bits per heavy atom. The van der Waals surface area contributed by atoms with Gasteiger partial charge in [0.1, 0.15) is 5.82 Å². The predicted octanol–water partition coefficient (Wildman–Crippen LogP) is 0.994. The summed E-state index contributed by atoms with van der Waals surface area (Å²) >= 11 is 0. The highest BCUT2D eigenvalue weighted by Crippen LogP contribution is 2.10. The Bertz CT molecular complexity index is 204. The Balaban J connectivity index is 2.82. The normalized spacial score (nSPS) is 10.6. The summed E-state index contributed by atoms with van der Waals surface area (Å²) in [5, 5.41) is 7.95. The third-order valence-electron chi connectivity index (χ3n) is 1.46. The molecule has 0 aliphatic carbocycles. The largest absolute Gasteiger partial charge is 0.347 e. The summed E-state index contributed by atoms with van der Waals surface area (Å²) in [6.45, 7) is 4.17. The number of nitrogens with one attached hydrogen (secondary N) is 1. The molecule has 0 spiro atoms. The molecule has 0 atom stereocenters. The van der Waals surface area contributed by atoms with Gasteiger partial charge in [0, 0.05) is 20.0 Å². The Morgan fingerprint density at radius 3 is 2.18 bits per heavy atom. The fourth-order valence-corrected chi connectivity index (χ4v) is 0.727. The first-order chi connectivity index (χ1) is 5.11. The lowest BCUT2D eigenvalue weighted by molar-refractivity contribution is 0.781. The highest BCUT2D eigenvalue weighted by Gasteiger charge is 2.06. The van der Waals surface area contributed by atoms with Crippen LogP contribution in [-0.2, 0) is 0 Å². The molecule has 4 nitrogen and oxygen atoms in total. The first-order valence-corrected chi connectivity index (χ1v) is 3.71. The van der Waals surface area contributed by atoms with Crippen LogP contribution in [0.3, 0.4) is 0 Å². The van der Waals surface area contributed by atoms with E-state index in [1.54, 1.807) is 0 Å². The Hall–Kier alpha value is -1.06. The molecule has 1 N–H and O–H groups in total. The summed E-state index contributed by atoms with van der Waals surface area (Å²) in [6, 6.07) is 0. The van der Waals surface area contributed by atoms with Gasteiger partial charge in [0.2, 0.25) is 5.95 Å². The predicted molar refractivity (Wildman–Crippen MR) is 44.8 cm³/mol. The summed E-state index contributed by atoms with van der Waals surface area (Å²) in [5.74, 6) is 2.17. The highest BCUT2D eigenvalue weighted by molar-refractivity contribution is 5.25. The van der Waals surface area contributed by atoms with Gasteiger partial charge in [0.15, 0.2) is 0 Å². The molecule has 0 unspecified atom stereocenters. The SMILES string of the molecule is CC(C)c1nnc(N(C)C)[nH]1. The fraction of sp³-hybridized carbons (Fsp3) is 0.714. The second kappa shape index (κ2) is 2.90. The van der Waals surface area contributed by atoms with E-state index >= 15 is 0 Å². The van der Waals surface area contributed by atoms with E-state index in [1.807, 2.05) is 19.0 Å². The topological polar surface area (TPSA) is 44.8 Å². The van der Waals surface area contributed by atoms with Crippen molar-refractivity contribution < 1.29 is 0 Å². The van der Waals surface area contributed by atoms with Crippen LogP contribution in [0.4, 0.5) is 5.95 Å². The molecule has 0 bridgehead atoms. The molecule has 0 aromatic carbocycles. The molecule has 0 saturated heterocycles. The number of hydrogen-bond acceptors (Lipinski definition) is 3. The molecule has 4 heteroatoms. The van der Waals surface area contributed by atoms with Crippen molar-refractivity contribution in [2.45, 2.75) is 19.8 Å². The molecule has 1 rings (SSSR count). The minimum absolute atomic E-state index is 0.413. The lowest BCUT2D eigenvalue weighted by Gasteiger charge is -2.05. The van der Waals surface area contributed by atoms with E-state index in [1.165, 1.54) is 0 Å². The van der Waals surface area contributed by atoms with Crippen molar-refractivity contribution in [3.8, 4) is 0 Å². The Morgan fingerprint density at radius 2 is 1.91 bits per heavy atom. The average molecular weight is 154 g/mol. The van der Waals surface area contributed by atoms with E-state index in [4.69, 9.17) is 0 Å². The summed E-state index contributed by atoms with van der Waals surface area (Å²) in [4.78, 5) is 5.02. The molecule has 0 aliphatic heterocycles. The number of aromatic amines is 1. The molecule has 1 aromatic rings. The van der Waals surface area contributed by atoms with Gasteiger partial charge in [-0.1, -0.05) is 13.8 Å². The molecular formula is C7H14N4. The van der Waals surface area contributed by atoms with Gasteiger partial charge in [-0.25, -0.2) is 0 Å². The van der Waals surface area contributed by atoms with E-state index in [0.717, 1.165) is 11.8 Å². The Labute approximate surface area is 66.6 Å². The van der Waals surface area contributed by atoms with Crippen LogP contribution in [0.25, 0.3) is 0 Å². The number of rotatable bonds is 2. The first kappa shape index (κ1) is 8.04. The second-order valence-corrected chi connectivity index (χ2v) is 3.08. The monoisotopic (exact) mass is 154 g/mol. The second-order valence-electron chi connectivity index (χ2n) is 3.08. The molecule has 11 heavy (non-hydrogen) atoms. The average Bonchev–Trinajstić information content (AvgIpc) is 2.33. The maximum Gasteiger partial charge on any atom is 0.224 e. The maximum atomic E-state index is 3.99. The van der Waals surface area contributed by atoms with Crippen LogP contribution < -0.4 is 4.90 Å². The number of H-pyrrole nitrogens is 1. The van der Waals surface area contributed by atoms with Crippen molar-refractivity contribution in [3.05, 3.63) is 5.82 Å². The van der Waals surface area contributed by atoms with E-state index < -0.39 is 0 Å². The van der Waals surface area contributed by atoms with Crippen LogP contribution >= 0.6 is 0 Å². The van der Waals surface area contributed by atoms with Gasteiger partial charge in [-0.3, -0.25) is 0 Å². The minimum atomic E-state index is 0.413. The van der Waals surface area contributed by atoms with E-state index in [0.29, 0.717) is 5.92 Å². The summed E-state index contributed by atoms with van der Waals surface area (Å²) < 4.78 is 0. The summed E-state index contributed by atoms with van der Waals surface area (Å²) in [5.41, 5.74) is 0. The zero-order chi connectivity index (χ0) is 8.43. The van der Waals surface area contributed by atoms with Crippen molar-refractivity contribution >= 4 is 5.95 Å². The number of aromatic nitrogens is 3. The van der Waals surface area contributed by atoms with Gasteiger partial charge in [-0.2, -0.15) is 0 Å². The zero-order valence-electron chi connectivity index (χ0n) is 7.42. The van der Waals surface area contributed by atoms with Gasteiger partial charge < -0.3 is 9.88 Å². The van der Waals surface area contributed by atoms with E-state index in [2.05, 4.69) is 29.0 Å². The molecule has 0 amide bonds. The van der Waals surface area contributed by atoms with Crippen molar-refractivity contribution in [1.82, 2.24) is 15.2 Å². The smallest absolute Gasteiger partial charge is 0.224 e. The van der Waals surface area contributed by atoms with E-state index in [9.17, 15) is 0 Å². The molecule has 0 fully saturated rings. The molecule has 1 heterocycles. The third kappa shape index (κ3) is 1.69. The number of anilines is 1. The highest BCUT2D eigenvalue weighted by atomic mass is 15.3. The van der Waals surface area contributed by atoms with Crippen LogP contribution in [0.15, 0.2) is 0 Å². The fourth-order valence-electron chi connectivity index (χ4n) is 0.727. The van der Waals surface area contributed by atoms with Gasteiger partial charge in [-0.15, -0.1) is 10.2 Å². The van der Waals surface area contributed by atoms with Crippen LogP contribution in [0, 0.1) is 0 Å². The standard InChI is InChI=1S/C7H14N4/c1-5(2)6-8-7(10-9-6)11(3)4/h5H,1-4H3,(H,8,9,10). The van der Waals surface area contributed by atoms with Crippen molar-refractivity contribution in [2.75, 3.05) is 19.0 Å². The summed E-state index contributed by atoms with van der Waals surface area (Å²) in [7, 11) is 3.87. The minimum Gasteiger partial charge on any atom is -0.347 e. The molecule has 0 aliphatic rings. The third-order valence-corrected chi connectivity index (χ3v) is 1.46. The number of hydrogen-bond donors (Lipinski definition) is 1. The molecule has 0 saturated carbocycles. The van der Waals surface area contributed by atoms with E-state index in [-0.39, 0.29) is 0 Å². The van der Waals surface area contributed by atoms with Gasteiger partial charge in [-0.05, 0) is 0 Å². The quantitative estimate of drug-likeness (QED) is 0.691. The number of nitrogens with zero attached hydrogens (tertiary/aromatic N) is 3. The molecule has 1 aromatic heterocycles. The van der Waals surface area contributed by atoms with Gasteiger partial charge >= 0.3 is 0 Å². The summed E-state index contributed by atoms with van der Waals surface area (Å²) in [6.07, 6.45) is 0.